The average Bonchev–Trinajstić information content (AvgIpc) is 3.08. The van der Waals surface area contributed by atoms with Gasteiger partial charge < -0.3 is 14.8 Å². The van der Waals surface area contributed by atoms with Crippen molar-refractivity contribution in [2.24, 2.45) is 0 Å². The van der Waals surface area contributed by atoms with Crippen molar-refractivity contribution >= 4 is 11.6 Å². The molecule has 0 unspecified atom stereocenters. The summed E-state index contributed by atoms with van der Waals surface area (Å²) in [6, 6.07) is 15.1. The number of benzene rings is 2. The molecule has 1 aromatic heterocycles. The van der Waals surface area contributed by atoms with E-state index in [0.29, 0.717) is 23.7 Å². The van der Waals surface area contributed by atoms with Crippen LogP contribution in [0, 0.1) is 6.92 Å². The normalized spacial score (nSPS) is 10.6. The first-order valence-corrected chi connectivity index (χ1v) is 8.67. The molecule has 0 saturated carbocycles. The molecule has 3 aromatic rings. The van der Waals surface area contributed by atoms with E-state index in [-0.39, 0.29) is 18.2 Å². The van der Waals surface area contributed by atoms with Crippen LogP contribution in [-0.2, 0) is 11.3 Å². The molecule has 1 heterocycles. The summed E-state index contributed by atoms with van der Waals surface area (Å²) in [5.41, 5.74) is 3.32. The Morgan fingerprint density at radius 1 is 1.15 bits per heavy atom. The number of aromatic nitrogens is 3. The number of para-hydroxylation sites is 2. The van der Waals surface area contributed by atoms with E-state index in [2.05, 4.69) is 15.6 Å². The van der Waals surface area contributed by atoms with Gasteiger partial charge in [0.1, 0.15) is 11.4 Å². The quantitative estimate of drug-likeness (QED) is 0.694. The smallest absolute Gasteiger partial charge is 0.278 e. The number of nitrogens with zero attached hydrogens (tertiary/aromatic N) is 3. The van der Waals surface area contributed by atoms with E-state index in [1.807, 2.05) is 50.2 Å². The molecule has 0 aliphatic rings. The highest BCUT2D eigenvalue weighted by Gasteiger charge is 2.21. The molecule has 1 amide bonds. The molecule has 7 nitrogen and oxygen atoms in total. The second-order valence-electron chi connectivity index (χ2n) is 5.95. The molecule has 0 aliphatic heterocycles. The van der Waals surface area contributed by atoms with Gasteiger partial charge in [0.15, 0.2) is 5.69 Å². The highest BCUT2D eigenvalue weighted by Crippen LogP contribution is 2.25. The number of ether oxygens (including phenoxy) is 2. The number of nitrogens with one attached hydrogen (secondary N) is 1. The maximum atomic E-state index is 12.8. The monoisotopic (exact) mass is 366 g/mol. The number of amides is 1. The van der Waals surface area contributed by atoms with Crippen molar-refractivity contribution in [3.05, 3.63) is 65.5 Å². The van der Waals surface area contributed by atoms with Crippen molar-refractivity contribution in [2.75, 3.05) is 19.0 Å². The van der Waals surface area contributed by atoms with Gasteiger partial charge in [-0.1, -0.05) is 35.0 Å². The SMILES string of the molecule is CCOc1ccccc1NC(=O)c1nnn(-c2ccc(C)cc2)c1COC. The van der Waals surface area contributed by atoms with Crippen molar-refractivity contribution in [1.29, 1.82) is 0 Å². The first-order chi connectivity index (χ1) is 13.1. The summed E-state index contributed by atoms with van der Waals surface area (Å²) in [7, 11) is 1.57. The van der Waals surface area contributed by atoms with Crippen LogP contribution in [0.25, 0.3) is 5.69 Å². The minimum absolute atomic E-state index is 0.205. The summed E-state index contributed by atoms with van der Waals surface area (Å²) in [6.45, 7) is 4.61. The van der Waals surface area contributed by atoms with Crippen molar-refractivity contribution < 1.29 is 14.3 Å². The van der Waals surface area contributed by atoms with Crippen LogP contribution in [0.4, 0.5) is 5.69 Å². The van der Waals surface area contributed by atoms with Gasteiger partial charge in [0.25, 0.3) is 5.91 Å². The largest absolute Gasteiger partial charge is 0.492 e. The standard InChI is InChI=1S/C20H22N4O3/c1-4-27-18-8-6-5-7-16(18)21-20(25)19-17(13-26-3)24(23-22-19)15-11-9-14(2)10-12-15/h5-12H,4,13H2,1-3H3,(H,21,25). The second-order valence-corrected chi connectivity index (χ2v) is 5.95. The number of hydrogen-bond donors (Lipinski definition) is 1. The Balaban J connectivity index is 1.92. The lowest BCUT2D eigenvalue weighted by atomic mass is 10.2. The highest BCUT2D eigenvalue weighted by atomic mass is 16.5. The maximum absolute atomic E-state index is 12.8. The van der Waals surface area contributed by atoms with Crippen molar-refractivity contribution in [3.63, 3.8) is 0 Å². The zero-order valence-corrected chi connectivity index (χ0v) is 15.6. The summed E-state index contributed by atoms with van der Waals surface area (Å²) in [5.74, 6) is 0.236. The Bertz CT molecular complexity index is 919. The Labute approximate surface area is 157 Å². The molecule has 0 fully saturated rings. The zero-order chi connectivity index (χ0) is 19.2. The Kier molecular flexibility index (Phi) is 5.83. The number of anilines is 1. The molecule has 0 saturated heterocycles. The molecule has 0 bridgehead atoms. The van der Waals surface area contributed by atoms with Crippen LogP contribution < -0.4 is 10.1 Å². The van der Waals surface area contributed by atoms with Gasteiger partial charge in [0, 0.05) is 7.11 Å². The van der Waals surface area contributed by atoms with Gasteiger partial charge in [-0.05, 0) is 38.1 Å². The van der Waals surface area contributed by atoms with Crippen LogP contribution in [0.15, 0.2) is 48.5 Å². The number of rotatable bonds is 7. The first kappa shape index (κ1) is 18.6. The van der Waals surface area contributed by atoms with Crippen LogP contribution in [0.2, 0.25) is 0 Å². The van der Waals surface area contributed by atoms with Crippen LogP contribution in [0.1, 0.15) is 28.7 Å². The van der Waals surface area contributed by atoms with Gasteiger partial charge >= 0.3 is 0 Å². The number of methoxy groups -OCH3 is 1. The fourth-order valence-electron chi connectivity index (χ4n) is 2.67. The molecule has 27 heavy (non-hydrogen) atoms. The maximum Gasteiger partial charge on any atom is 0.278 e. The number of aryl methyl sites for hydroxylation is 1. The van der Waals surface area contributed by atoms with Gasteiger partial charge in [-0.25, -0.2) is 4.68 Å². The number of hydrogen-bond acceptors (Lipinski definition) is 5. The molecule has 1 N–H and O–H groups in total. The third-order valence-electron chi connectivity index (χ3n) is 3.97. The van der Waals surface area contributed by atoms with Crippen LogP contribution in [0.3, 0.4) is 0 Å². The molecule has 0 spiro atoms. The fraction of sp³-hybridized carbons (Fsp3) is 0.250. The molecule has 7 heteroatoms. The Hall–Kier alpha value is -3.19. The lowest BCUT2D eigenvalue weighted by Crippen LogP contribution is -2.16. The third-order valence-corrected chi connectivity index (χ3v) is 3.97. The van der Waals surface area contributed by atoms with Crippen molar-refractivity contribution in [3.8, 4) is 11.4 Å². The number of carbonyl (C=O) groups excluding carboxylic acids is 1. The molecule has 0 atom stereocenters. The summed E-state index contributed by atoms with van der Waals surface area (Å²) in [5, 5.41) is 11.1. The Morgan fingerprint density at radius 3 is 2.59 bits per heavy atom. The van der Waals surface area contributed by atoms with E-state index in [0.717, 1.165) is 11.3 Å². The van der Waals surface area contributed by atoms with E-state index in [9.17, 15) is 4.79 Å². The predicted octanol–water partition coefficient (Wildman–Crippen LogP) is 3.37. The molecule has 0 aliphatic carbocycles. The number of carbonyl (C=O) groups is 1. The van der Waals surface area contributed by atoms with Gasteiger partial charge in [-0.15, -0.1) is 5.10 Å². The van der Waals surface area contributed by atoms with Crippen LogP contribution in [0.5, 0.6) is 5.75 Å². The molecule has 140 valence electrons. The average molecular weight is 366 g/mol. The van der Waals surface area contributed by atoms with Crippen LogP contribution >= 0.6 is 0 Å². The lowest BCUT2D eigenvalue weighted by Gasteiger charge is -2.11. The van der Waals surface area contributed by atoms with Gasteiger partial charge in [0.05, 0.1) is 24.6 Å². The van der Waals surface area contributed by atoms with E-state index >= 15 is 0 Å². The molecular formula is C20H22N4O3. The van der Waals surface area contributed by atoms with E-state index in [1.165, 1.54) is 0 Å². The van der Waals surface area contributed by atoms with E-state index in [1.54, 1.807) is 23.9 Å². The second kappa shape index (κ2) is 8.46. The van der Waals surface area contributed by atoms with Gasteiger partial charge in [-0.2, -0.15) is 0 Å². The van der Waals surface area contributed by atoms with E-state index in [4.69, 9.17) is 9.47 Å². The zero-order valence-electron chi connectivity index (χ0n) is 15.6. The minimum Gasteiger partial charge on any atom is -0.492 e. The highest BCUT2D eigenvalue weighted by molar-refractivity contribution is 6.04. The minimum atomic E-state index is -0.368. The Morgan fingerprint density at radius 2 is 1.89 bits per heavy atom. The lowest BCUT2D eigenvalue weighted by molar-refractivity contribution is 0.101. The first-order valence-electron chi connectivity index (χ1n) is 8.67. The summed E-state index contributed by atoms with van der Waals surface area (Å²) < 4.78 is 12.4. The molecular weight excluding hydrogens is 344 g/mol. The fourth-order valence-corrected chi connectivity index (χ4v) is 2.67. The van der Waals surface area contributed by atoms with Crippen molar-refractivity contribution in [1.82, 2.24) is 15.0 Å². The van der Waals surface area contributed by atoms with Gasteiger partial charge in [0.2, 0.25) is 0 Å². The van der Waals surface area contributed by atoms with Gasteiger partial charge in [-0.3, -0.25) is 4.79 Å². The summed E-state index contributed by atoms with van der Waals surface area (Å²) in [4.78, 5) is 12.8. The molecule has 0 radical (unpaired) electrons. The third kappa shape index (κ3) is 4.15. The van der Waals surface area contributed by atoms with Crippen molar-refractivity contribution in [2.45, 2.75) is 20.5 Å². The van der Waals surface area contributed by atoms with E-state index < -0.39 is 0 Å². The molecule has 2 aromatic carbocycles. The topological polar surface area (TPSA) is 78.3 Å². The molecule has 3 rings (SSSR count). The summed E-state index contributed by atoms with van der Waals surface area (Å²) in [6.07, 6.45) is 0. The predicted molar refractivity (Wildman–Crippen MR) is 102 cm³/mol. The summed E-state index contributed by atoms with van der Waals surface area (Å²) >= 11 is 0. The van der Waals surface area contributed by atoms with Crippen LogP contribution in [-0.4, -0.2) is 34.6 Å².